The largest absolute Gasteiger partial charge is 0.328 e. The van der Waals surface area contributed by atoms with E-state index in [2.05, 4.69) is 275 Å². The summed E-state index contributed by atoms with van der Waals surface area (Å²) >= 11 is 0. The molecule has 0 bridgehead atoms. The van der Waals surface area contributed by atoms with E-state index in [1.807, 2.05) is 0 Å². The van der Waals surface area contributed by atoms with Crippen LogP contribution in [0.4, 0.5) is 0 Å². The molecule has 0 saturated carbocycles. The summed E-state index contributed by atoms with van der Waals surface area (Å²) < 4.78 is 0. The minimum atomic E-state index is -2.62. The molecule has 6 aromatic carbocycles. The molecule has 0 unspecified atom stereocenters. The third-order valence-corrected chi connectivity index (χ3v) is 14.3. The first-order valence-corrected chi connectivity index (χ1v) is 27.5. The Balaban J connectivity index is 0.00000232. The predicted octanol–water partition coefficient (Wildman–Crippen LogP) is 19.6. The first-order chi connectivity index (χ1) is 32.5. The number of rotatable bonds is 5. The second-order valence-corrected chi connectivity index (χ2v) is 29.3. The maximum Gasteiger partial charge on any atom is 0.324 e. The Hall–Kier alpha value is -4.37. The molecule has 0 aliphatic carbocycles. The number of hydrogen-bond acceptors (Lipinski definition) is 3. The van der Waals surface area contributed by atoms with Gasteiger partial charge in [-0.3, -0.25) is 0 Å². The van der Waals surface area contributed by atoms with Gasteiger partial charge in [-0.2, -0.15) is 0 Å². The second-order valence-electron chi connectivity index (χ2n) is 28.8. The highest BCUT2D eigenvalue weighted by molar-refractivity contribution is 7.38. The Kier molecular flexibility index (Phi) is 16.6. The van der Waals surface area contributed by atoms with E-state index < -0.39 is 8.60 Å². The lowest BCUT2D eigenvalue weighted by Gasteiger charge is -2.35. The van der Waals surface area contributed by atoms with Gasteiger partial charge in [0.05, 0.1) is 0 Å². The predicted molar refractivity (Wildman–Crippen MR) is 317 cm³/mol. The molecular formula is C68H93O3P. The SMILES string of the molecule is CC(C)(C)c1ccc(-c2cc(-c3ccccc3)c(-c3ccc(C(C)(C)C)cc3C(C)(C)C)c(-c3ccc(C(C)(C)C)cc3C(C)(C)C)c2-c2ccc(C(C)(C)C)cc2C(C)(C)C)c(C(C)(C)C)c1.OP(O)O. The van der Waals surface area contributed by atoms with Crippen LogP contribution in [-0.2, 0) is 43.3 Å². The Bertz CT molecular complexity index is 2870. The Morgan fingerprint density at radius 2 is 0.500 bits per heavy atom. The first kappa shape index (κ1) is 58.5. The fourth-order valence-electron chi connectivity index (χ4n) is 9.98. The van der Waals surface area contributed by atoms with Crippen LogP contribution >= 0.6 is 8.60 Å². The quantitative estimate of drug-likeness (QED) is 0.151. The third kappa shape index (κ3) is 13.3. The van der Waals surface area contributed by atoms with Crippen molar-refractivity contribution < 1.29 is 14.7 Å². The highest BCUT2D eigenvalue weighted by Gasteiger charge is 2.35. The summed E-state index contributed by atoms with van der Waals surface area (Å²) in [5.74, 6) is 0. The average molecular weight is 989 g/mol. The van der Waals surface area contributed by atoms with Gasteiger partial charge in [0.15, 0.2) is 0 Å². The van der Waals surface area contributed by atoms with Gasteiger partial charge in [-0.25, -0.2) is 0 Å². The monoisotopic (exact) mass is 989 g/mol. The van der Waals surface area contributed by atoms with Crippen LogP contribution in [0.25, 0.3) is 55.6 Å². The summed E-state index contributed by atoms with van der Waals surface area (Å²) in [6, 6.07) is 43.8. The molecule has 388 valence electrons. The van der Waals surface area contributed by atoms with E-state index in [4.69, 9.17) is 14.7 Å². The topological polar surface area (TPSA) is 60.7 Å². The summed E-state index contributed by atoms with van der Waals surface area (Å²) in [7, 11) is -2.62. The molecular weight excluding hydrogens is 896 g/mol. The van der Waals surface area contributed by atoms with E-state index in [-0.39, 0.29) is 43.3 Å². The van der Waals surface area contributed by atoms with Gasteiger partial charge in [0, 0.05) is 0 Å². The van der Waals surface area contributed by atoms with Gasteiger partial charge in [-0.1, -0.05) is 269 Å². The van der Waals surface area contributed by atoms with Gasteiger partial charge in [-0.15, -0.1) is 0 Å². The van der Waals surface area contributed by atoms with Gasteiger partial charge in [-0.05, 0) is 150 Å². The van der Waals surface area contributed by atoms with Crippen molar-refractivity contribution >= 4 is 8.60 Å². The molecule has 0 aromatic heterocycles. The molecule has 0 spiro atoms. The molecule has 3 nitrogen and oxygen atoms in total. The molecule has 0 fully saturated rings. The second kappa shape index (κ2) is 20.4. The van der Waals surface area contributed by atoms with Crippen LogP contribution in [0.2, 0.25) is 0 Å². The lowest BCUT2D eigenvalue weighted by Crippen LogP contribution is -2.20. The average Bonchev–Trinajstić information content (AvgIpc) is 3.22. The summed E-state index contributed by atoms with van der Waals surface area (Å²) in [6.07, 6.45) is 0. The molecule has 0 aliphatic rings. The molecule has 0 radical (unpaired) electrons. The standard InChI is InChI=1S/C68H90.H3O3P/c1-61(2,3)44-30-34-48(54(38-44)65(13,14)15)53-42-52(43-28-26-25-27-29-43)58(49-35-31-45(62(4,5)6)39-55(49)66(16,17)18)60(51-37-33-47(64(10,11)12)41-57(51)68(22,23)24)59(53)50-36-32-46(63(7,8)9)40-56(50)67(19,20)21;1-4(2)3/h25-42H,1-24H3;1-3H. The zero-order valence-electron chi connectivity index (χ0n) is 49.2. The molecule has 6 aromatic rings. The van der Waals surface area contributed by atoms with Gasteiger partial charge < -0.3 is 14.7 Å². The maximum absolute atomic E-state index is 7.23. The van der Waals surface area contributed by atoms with Gasteiger partial charge >= 0.3 is 8.60 Å². The Morgan fingerprint density at radius 1 is 0.250 bits per heavy atom. The summed E-state index contributed by atoms with van der Waals surface area (Å²) in [6.45, 7) is 57.1. The smallest absolute Gasteiger partial charge is 0.324 e. The highest BCUT2D eigenvalue weighted by Crippen LogP contribution is 2.56. The normalized spacial score (nSPS) is 13.3. The summed E-state index contributed by atoms with van der Waals surface area (Å²) in [4.78, 5) is 21.7. The molecule has 4 heteroatoms. The fraction of sp³-hybridized carbons (Fsp3) is 0.471. The van der Waals surface area contributed by atoms with E-state index >= 15 is 0 Å². The zero-order chi connectivity index (χ0) is 54.7. The van der Waals surface area contributed by atoms with E-state index in [0.29, 0.717) is 0 Å². The number of hydrogen-bond donors (Lipinski definition) is 3. The van der Waals surface area contributed by atoms with Gasteiger partial charge in [0.2, 0.25) is 0 Å². The van der Waals surface area contributed by atoms with Crippen molar-refractivity contribution in [2.45, 2.75) is 209 Å². The molecule has 0 atom stereocenters. The Morgan fingerprint density at radius 3 is 0.778 bits per heavy atom. The van der Waals surface area contributed by atoms with Crippen molar-refractivity contribution in [1.29, 1.82) is 0 Å². The van der Waals surface area contributed by atoms with Crippen LogP contribution in [0.5, 0.6) is 0 Å². The lowest BCUT2D eigenvalue weighted by molar-refractivity contribution is 0.368. The molecule has 0 aliphatic heterocycles. The fourth-order valence-corrected chi connectivity index (χ4v) is 9.98. The van der Waals surface area contributed by atoms with Crippen molar-refractivity contribution in [3.63, 3.8) is 0 Å². The first-order valence-electron chi connectivity index (χ1n) is 26.3. The molecule has 72 heavy (non-hydrogen) atoms. The van der Waals surface area contributed by atoms with Crippen LogP contribution in [-0.4, -0.2) is 14.7 Å². The van der Waals surface area contributed by atoms with E-state index in [1.54, 1.807) is 0 Å². The lowest BCUT2D eigenvalue weighted by atomic mass is 9.68. The Labute approximate surface area is 440 Å². The molecule has 0 amide bonds. The summed E-state index contributed by atoms with van der Waals surface area (Å²) in [5.41, 5.74) is 23.1. The van der Waals surface area contributed by atoms with Crippen LogP contribution in [0.15, 0.2) is 109 Å². The minimum absolute atomic E-state index is 0.00719. The van der Waals surface area contributed by atoms with Gasteiger partial charge in [0.1, 0.15) is 0 Å². The molecule has 6 rings (SSSR count). The highest BCUT2D eigenvalue weighted by atomic mass is 31.2. The van der Waals surface area contributed by atoms with Crippen LogP contribution in [0, 0.1) is 0 Å². The van der Waals surface area contributed by atoms with E-state index in [9.17, 15) is 0 Å². The van der Waals surface area contributed by atoms with E-state index in [0.717, 1.165) is 0 Å². The van der Waals surface area contributed by atoms with Crippen molar-refractivity contribution in [2.75, 3.05) is 0 Å². The van der Waals surface area contributed by atoms with Crippen molar-refractivity contribution in [3.8, 4) is 55.6 Å². The van der Waals surface area contributed by atoms with Crippen molar-refractivity contribution in [1.82, 2.24) is 0 Å². The van der Waals surface area contributed by atoms with Gasteiger partial charge in [0.25, 0.3) is 0 Å². The van der Waals surface area contributed by atoms with Crippen LogP contribution in [0.1, 0.15) is 211 Å². The summed E-state index contributed by atoms with van der Waals surface area (Å²) in [5, 5.41) is 0. The van der Waals surface area contributed by atoms with Crippen LogP contribution < -0.4 is 0 Å². The van der Waals surface area contributed by atoms with E-state index in [1.165, 1.54) is 100 Å². The van der Waals surface area contributed by atoms with Crippen LogP contribution in [0.3, 0.4) is 0 Å². The van der Waals surface area contributed by atoms with Crippen molar-refractivity contribution in [3.05, 3.63) is 154 Å². The molecule has 0 heterocycles. The third-order valence-electron chi connectivity index (χ3n) is 14.3. The van der Waals surface area contributed by atoms with Crippen molar-refractivity contribution in [2.24, 2.45) is 0 Å². The maximum atomic E-state index is 7.23. The molecule has 0 saturated heterocycles. The number of benzene rings is 6. The molecule has 3 N–H and O–H groups in total. The zero-order valence-corrected chi connectivity index (χ0v) is 50.1. The minimum Gasteiger partial charge on any atom is -0.328 e.